The second-order valence-corrected chi connectivity index (χ2v) is 5.58. The fraction of sp³-hybridized carbons (Fsp3) is 0.467. The summed E-state index contributed by atoms with van der Waals surface area (Å²) in [4.78, 5) is 26.3. The maximum atomic E-state index is 12.7. The van der Waals surface area contributed by atoms with Gasteiger partial charge in [0.2, 0.25) is 11.8 Å². The molecule has 0 aromatic heterocycles. The van der Waals surface area contributed by atoms with Crippen molar-refractivity contribution < 1.29 is 9.59 Å². The van der Waals surface area contributed by atoms with E-state index < -0.39 is 5.41 Å². The lowest BCUT2D eigenvalue weighted by atomic mass is 9.77. The molecule has 2 aliphatic rings. The first-order valence-electron chi connectivity index (χ1n) is 6.77. The Hall–Kier alpha value is -1.68. The second kappa shape index (κ2) is 4.46. The third kappa shape index (κ3) is 1.96. The van der Waals surface area contributed by atoms with Crippen molar-refractivity contribution in [3.8, 4) is 0 Å². The largest absolute Gasteiger partial charge is 0.317 e. The monoisotopic (exact) mass is 258 g/mol. The summed E-state index contributed by atoms with van der Waals surface area (Å²) in [6.45, 7) is 3.63. The first-order chi connectivity index (χ1) is 9.12. The molecule has 1 aromatic rings. The zero-order chi connectivity index (χ0) is 13.5. The number of aryl methyl sites for hydroxylation is 1. The topological polar surface area (TPSA) is 49.4 Å². The van der Waals surface area contributed by atoms with Gasteiger partial charge in [0.05, 0.1) is 11.1 Å². The molecule has 1 aromatic carbocycles. The zero-order valence-corrected chi connectivity index (χ0v) is 11.1. The molecule has 0 saturated carbocycles. The third-order valence-electron chi connectivity index (χ3n) is 4.25. The summed E-state index contributed by atoms with van der Waals surface area (Å²) in [5.74, 6) is -0.0707. The number of hydrogen-bond acceptors (Lipinski definition) is 3. The minimum absolute atomic E-state index is 0.0112. The molecule has 1 N–H and O–H groups in total. The summed E-state index contributed by atoms with van der Waals surface area (Å²) < 4.78 is 0. The first kappa shape index (κ1) is 12.4. The summed E-state index contributed by atoms with van der Waals surface area (Å²) in [5.41, 5.74) is 1.38. The normalized spacial score (nSPS) is 22.3. The molecule has 4 heteroatoms. The first-order valence-corrected chi connectivity index (χ1v) is 6.77. The molecule has 2 saturated heterocycles. The van der Waals surface area contributed by atoms with Crippen LogP contribution in [0.5, 0.6) is 0 Å². The predicted molar refractivity (Wildman–Crippen MR) is 72.8 cm³/mol. The highest BCUT2D eigenvalue weighted by Gasteiger charge is 2.52. The van der Waals surface area contributed by atoms with Crippen LogP contribution in [0.2, 0.25) is 0 Å². The van der Waals surface area contributed by atoms with Crippen molar-refractivity contribution >= 4 is 17.5 Å². The predicted octanol–water partition coefficient (Wildman–Crippen LogP) is 1.63. The maximum Gasteiger partial charge on any atom is 0.240 e. The van der Waals surface area contributed by atoms with Crippen molar-refractivity contribution in [3.63, 3.8) is 0 Å². The van der Waals surface area contributed by atoms with Gasteiger partial charge in [0, 0.05) is 6.42 Å². The Morgan fingerprint density at radius 1 is 1.11 bits per heavy atom. The average Bonchev–Trinajstić information content (AvgIpc) is 2.64. The van der Waals surface area contributed by atoms with Gasteiger partial charge >= 0.3 is 0 Å². The molecule has 2 fully saturated rings. The zero-order valence-electron chi connectivity index (χ0n) is 11.1. The van der Waals surface area contributed by atoms with E-state index in [-0.39, 0.29) is 11.8 Å². The summed E-state index contributed by atoms with van der Waals surface area (Å²) >= 11 is 0. The molecule has 100 valence electrons. The van der Waals surface area contributed by atoms with Gasteiger partial charge < -0.3 is 5.32 Å². The number of imide groups is 1. The molecule has 3 rings (SSSR count). The Labute approximate surface area is 112 Å². The number of amides is 2. The highest BCUT2D eigenvalue weighted by molar-refractivity contribution is 6.22. The van der Waals surface area contributed by atoms with E-state index in [2.05, 4.69) is 5.32 Å². The number of nitrogens with one attached hydrogen (secondary N) is 1. The quantitative estimate of drug-likeness (QED) is 0.779. The molecule has 0 aliphatic carbocycles. The van der Waals surface area contributed by atoms with Crippen LogP contribution in [0.4, 0.5) is 5.69 Å². The second-order valence-electron chi connectivity index (χ2n) is 5.58. The van der Waals surface area contributed by atoms with Crippen LogP contribution in [0.15, 0.2) is 24.3 Å². The summed E-state index contributed by atoms with van der Waals surface area (Å²) in [6.07, 6.45) is 1.89. The number of hydrogen-bond donors (Lipinski definition) is 1. The van der Waals surface area contributed by atoms with Crippen molar-refractivity contribution in [2.75, 3.05) is 18.0 Å². The molecule has 0 unspecified atom stereocenters. The van der Waals surface area contributed by atoms with Gasteiger partial charge in [-0.2, -0.15) is 0 Å². The van der Waals surface area contributed by atoms with E-state index in [0.717, 1.165) is 31.5 Å². The van der Waals surface area contributed by atoms with Crippen LogP contribution in [0.1, 0.15) is 24.8 Å². The van der Waals surface area contributed by atoms with Crippen LogP contribution in [0.25, 0.3) is 0 Å². The van der Waals surface area contributed by atoms with Crippen LogP contribution in [-0.4, -0.2) is 24.9 Å². The van der Waals surface area contributed by atoms with Gasteiger partial charge in [-0.05, 0) is 45.0 Å². The fourth-order valence-electron chi connectivity index (χ4n) is 3.05. The van der Waals surface area contributed by atoms with Gasteiger partial charge in [-0.1, -0.05) is 17.7 Å². The Morgan fingerprint density at radius 2 is 1.74 bits per heavy atom. The lowest BCUT2D eigenvalue weighted by molar-refractivity contribution is -0.126. The molecular weight excluding hydrogens is 240 g/mol. The van der Waals surface area contributed by atoms with Crippen LogP contribution in [0.3, 0.4) is 0 Å². The lowest BCUT2D eigenvalue weighted by Gasteiger charge is -2.31. The van der Waals surface area contributed by atoms with E-state index in [0.29, 0.717) is 12.1 Å². The van der Waals surface area contributed by atoms with E-state index in [1.54, 1.807) is 0 Å². The summed E-state index contributed by atoms with van der Waals surface area (Å²) in [6, 6.07) is 7.57. The molecule has 4 nitrogen and oxygen atoms in total. The standard InChI is InChI=1S/C15H18N2O2/c1-11-2-4-12(5-3-11)17-13(18)10-15(14(17)19)6-8-16-9-7-15/h2-5,16H,6-10H2,1H3. The van der Waals surface area contributed by atoms with Crippen molar-refractivity contribution in [2.45, 2.75) is 26.2 Å². The molecule has 2 aliphatic heterocycles. The summed E-state index contributed by atoms with van der Waals surface area (Å²) in [5, 5.41) is 3.25. The number of carbonyl (C=O) groups is 2. The van der Waals surface area contributed by atoms with Crippen molar-refractivity contribution in [2.24, 2.45) is 5.41 Å². The van der Waals surface area contributed by atoms with Gasteiger partial charge in [-0.15, -0.1) is 0 Å². The number of piperidine rings is 1. The Morgan fingerprint density at radius 3 is 2.37 bits per heavy atom. The van der Waals surface area contributed by atoms with Crippen LogP contribution < -0.4 is 10.2 Å². The van der Waals surface area contributed by atoms with Gasteiger partial charge in [-0.25, -0.2) is 0 Å². The Bertz CT molecular complexity index is 515. The fourth-order valence-corrected chi connectivity index (χ4v) is 3.05. The van der Waals surface area contributed by atoms with Crippen LogP contribution in [-0.2, 0) is 9.59 Å². The highest BCUT2D eigenvalue weighted by Crippen LogP contribution is 2.42. The molecule has 2 heterocycles. The molecule has 19 heavy (non-hydrogen) atoms. The lowest BCUT2D eigenvalue weighted by Crippen LogP contribution is -2.42. The minimum Gasteiger partial charge on any atom is -0.317 e. The average molecular weight is 258 g/mol. The van der Waals surface area contributed by atoms with E-state index in [9.17, 15) is 9.59 Å². The van der Waals surface area contributed by atoms with E-state index in [1.807, 2.05) is 31.2 Å². The van der Waals surface area contributed by atoms with Crippen molar-refractivity contribution in [1.29, 1.82) is 0 Å². The number of carbonyl (C=O) groups excluding carboxylic acids is 2. The highest BCUT2D eigenvalue weighted by atomic mass is 16.2. The number of rotatable bonds is 1. The van der Waals surface area contributed by atoms with Crippen LogP contribution >= 0.6 is 0 Å². The van der Waals surface area contributed by atoms with Gasteiger partial charge in [0.25, 0.3) is 0 Å². The van der Waals surface area contributed by atoms with E-state index in [4.69, 9.17) is 0 Å². The molecule has 0 atom stereocenters. The van der Waals surface area contributed by atoms with Gasteiger partial charge in [0.1, 0.15) is 0 Å². The van der Waals surface area contributed by atoms with Gasteiger partial charge in [-0.3, -0.25) is 14.5 Å². The van der Waals surface area contributed by atoms with E-state index in [1.165, 1.54) is 4.90 Å². The van der Waals surface area contributed by atoms with Gasteiger partial charge in [0.15, 0.2) is 0 Å². The van der Waals surface area contributed by atoms with Crippen molar-refractivity contribution in [1.82, 2.24) is 5.32 Å². The Kier molecular flexibility index (Phi) is 2.90. The number of benzene rings is 1. The maximum absolute atomic E-state index is 12.7. The van der Waals surface area contributed by atoms with Crippen LogP contribution in [0, 0.1) is 12.3 Å². The molecule has 0 radical (unpaired) electrons. The molecular formula is C15H18N2O2. The number of anilines is 1. The smallest absolute Gasteiger partial charge is 0.240 e. The SMILES string of the molecule is Cc1ccc(N2C(=O)CC3(CCNCC3)C2=O)cc1. The Balaban J connectivity index is 1.92. The number of nitrogens with zero attached hydrogens (tertiary/aromatic N) is 1. The molecule has 2 amide bonds. The third-order valence-corrected chi connectivity index (χ3v) is 4.25. The van der Waals surface area contributed by atoms with E-state index >= 15 is 0 Å². The summed E-state index contributed by atoms with van der Waals surface area (Å²) in [7, 11) is 0. The molecule has 0 bridgehead atoms. The minimum atomic E-state index is -0.451. The molecule has 1 spiro atoms. The van der Waals surface area contributed by atoms with Crippen molar-refractivity contribution in [3.05, 3.63) is 29.8 Å².